The van der Waals surface area contributed by atoms with Gasteiger partial charge in [0.2, 0.25) is 0 Å². The molecule has 5 rings (SSSR count). The highest BCUT2D eigenvalue weighted by Crippen LogP contribution is 2.54. The lowest BCUT2D eigenvalue weighted by molar-refractivity contribution is 0.0920. The zero-order chi connectivity index (χ0) is 23.7. The number of rotatable bonds is 7. The molecule has 1 unspecified atom stereocenters. The summed E-state index contributed by atoms with van der Waals surface area (Å²) < 4.78 is 15.3. The van der Waals surface area contributed by atoms with E-state index in [0.29, 0.717) is 11.5 Å². The highest BCUT2D eigenvalue weighted by atomic mass is 19.1. The van der Waals surface area contributed by atoms with Crippen LogP contribution >= 0.6 is 0 Å². The molecule has 2 heterocycles. The van der Waals surface area contributed by atoms with Crippen LogP contribution in [-0.4, -0.2) is 26.7 Å². The van der Waals surface area contributed by atoms with Crippen molar-refractivity contribution in [3.05, 3.63) is 83.2 Å². The van der Waals surface area contributed by atoms with E-state index in [1.807, 2.05) is 10.9 Å². The largest absolute Gasteiger partial charge is 0.349 e. The molecule has 1 saturated carbocycles. The SMILES string of the molecule is CCCC(C[C@H]1CCC2=Cc3c(cnn3-c3ccc(F)cc3)C[C@@]21C)NC(=O)c1ccncc1. The Kier molecular flexibility index (Phi) is 6.07. The summed E-state index contributed by atoms with van der Waals surface area (Å²) in [6.45, 7) is 4.55. The first-order chi connectivity index (χ1) is 16.5. The number of allylic oxidation sites excluding steroid dienone is 1. The molecule has 34 heavy (non-hydrogen) atoms. The molecule has 0 aliphatic heterocycles. The first-order valence-corrected chi connectivity index (χ1v) is 12.2. The highest BCUT2D eigenvalue weighted by molar-refractivity contribution is 5.94. The number of carbonyl (C=O) groups excluding carboxylic acids is 1. The molecule has 2 aliphatic rings. The van der Waals surface area contributed by atoms with Crippen LogP contribution in [0.25, 0.3) is 11.8 Å². The van der Waals surface area contributed by atoms with Crippen LogP contribution in [0.5, 0.6) is 0 Å². The van der Waals surface area contributed by atoms with Crippen LogP contribution < -0.4 is 5.32 Å². The Hall–Kier alpha value is -3.28. The van der Waals surface area contributed by atoms with E-state index >= 15 is 0 Å². The summed E-state index contributed by atoms with van der Waals surface area (Å²) in [5.41, 5.74) is 5.40. The average Bonchev–Trinajstić information content (AvgIpc) is 3.38. The first kappa shape index (κ1) is 22.5. The van der Waals surface area contributed by atoms with Crippen molar-refractivity contribution in [1.82, 2.24) is 20.1 Å². The molecule has 176 valence electrons. The molecule has 0 spiro atoms. The van der Waals surface area contributed by atoms with Crippen molar-refractivity contribution in [3.8, 4) is 5.69 Å². The Labute approximate surface area is 200 Å². The summed E-state index contributed by atoms with van der Waals surface area (Å²) in [5, 5.41) is 7.92. The normalized spacial score (nSPS) is 22.0. The number of nitrogens with one attached hydrogen (secondary N) is 1. The van der Waals surface area contributed by atoms with Gasteiger partial charge in [0.1, 0.15) is 5.82 Å². The second-order valence-corrected chi connectivity index (χ2v) is 9.87. The summed E-state index contributed by atoms with van der Waals surface area (Å²) in [6.07, 6.45) is 13.7. The minimum absolute atomic E-state index is 0.0220. The monoisotopic (exact) mass is 458 g/mol. The van der Waals surface area contributed by atoms with Crippen molar-refractivity contribution in [2.45, 2.75) is 58.4 Å². The maximum absolute atomic E-state index is 13.4. The maximum atomic E-state index is 13.4. The van der Waals surface area contributed by atoms with Crippen molar-refractivity contribution in [1.29, 1.82) is 0 Å². The van der Waals surface area contributed by atoms with Crippen LogP contribution in [-0.2, 0) is 6.42 Å². The lowest BCUT2D eigenvalue weighted by Crippen LogP contribution is -2.39. The summed E-state index contributed by atoms with van der Waals surface area (Å²) in [6, 6.07) is 10.2. The molecule has 3 atom stereocenters. The van der Waals surface area contributed by atoms with Gasteiger partial charge in [-0.1, -0.05) is 25.8 Å². The summed E-state index contributed by atoms with van der Waals surface area (Å²) in [4.78, 5) is 16.8. The van der Waals surface area contributed by atoms with Gasteiger partial charge in [0.05, 0.1) is 17.6 Å². The van der Waals surface area contributed by atoms with E-state index in [1.54, 1.807) is 36.7 Å². The quantitative estimate of drug-likeness (QED) is 0.490. The van der Waals surface area contributed by atoms with Crippen LogP contribution in [0.3, 0.4) is 0 Å². The molecule has 3 aromatic rings. The summed E-state index contributed by atoms with van der Waals surface area (Å²) >= 11 is 0. The Morgan fingerprint density at radius 2 is 2.00 bits per heavy atom. The Balaban J connectivity index is 1.35. The van der Waals surface area contributed by atoms with Gasteiger partial charge < -0.3 is 5.32 Å². The van der Waals surface area contributed by atoms with E-state index < -0.39 is 0 Å². The minimum Gasteiger partial charge on any atom is -0.349 e. The lowest BCUT2D eigenvalue weighted by Gasteiger charge is -2.37. The van der Waals surface area contributed by atoms with Crippen molar-refractivity contribution >= 4 is 12.0 Å². The van der Waals surface area contributed by atoms with Gasteiger partial charge in [-0.15, -0.1) is 0 Å². The van der Waals surface area contributed by atoms with Gasteiger partial charge in [-0.3, -0.25) is 9.78 Å². The van der Waals surface area contributed by atoms with Gasteiger partial charge in [-0.25, -0.2) is 9.07 Å². The molecular weight excluding hydrogens is 427 g/mol. The third-order valence-electron chi connectivity index (χ3n) is 7.71. The Morgan fingerprint density at radius 1 is 1.24 bits per heavy atom. The molecule has 1 N–H and O–H groups in total. The van der Waals surface area contributed by atoms with Crippen LogP contribution in [0.15, 0.2) is 60.6 Å². The predicted octanol–water partition coefficient (Wildman–Crippen LogP) is 5.75. The molecular formula is C28H31FN4O. The fourth-order valence-corrected chi connectivity index (χ4v) is 5.81. The Bertz CT molecular complexity index is 1200. The molecule has 0 radical (unpaired) electrons. The number of nitrogens with zero attached hydrogens (tertiary/aromatic N) is 3. The third-order valence-corrected chi connectivity index (χ3v) is 7.71. The molecule has 0 bridgehead atoms. The first-order valence-electron chi connectivity index (χ1n) is 12.2. The fraction of sp³-hybridized carbons (Fsp3) is 0.393. The number of carbonyl (C=O) groups is 1. The number of halogens is 1. The number of benzene rings is 1. The molecule has 1 amide bonds. The van der Waals surface area contributed by atoms with Crippen molar-refractivity contribution in [3.63, 3.8) is 0 Å². The van der Waals surface area contributed by atoms with Crippen molar-refractivity contribution in [2.24, 2.45) is 11.3 Å². The second-order valence-electron chi connectivity index (χ2n) is 9.87. The van der Waals surface area contributed by atoms with Gasteiger partial charge in [-0.2, -0.15) is 5.10 Å². The third kappa shape index (κ3) is 4.17. The number of aromatic nitrogens is 3. The fourth-order valence-electron chi connectivity index (χ4n) is 5.81. The standard InChI is InChI=1S/C28H31FN4O/c1-3-4-24(32-27(34)19-11-13-30-14-12-19)15-21-5-6-22-16-26-20(17-28(21,22)2)18-31-33(26)25-9-7-23(29)8-10-25/h7-14,16,18,21,24H,3-6,15,17H2,1-2H3,(H,32,34)/t21-,24?,28-/m1/s1. The van der Waals surface area contributed by atoms with E-state index in [9.17, 15) is 9.18 Å². The number of hydrogen-bond donors (Lipinski definition) is 1. The Morgan fingerprint density at radius 3 is 2.74 bits per heavy atom. The second kappa shape index (κ2) is 9.16. The van der Waals surface area contributed by atoms with Crippen LogP contribution in [0.2, 0.25) is 0 Å². The highest BCUT2D eigenvalue weighted by Gasteiger charge is 2.46. The van der Waals surface area contributed by atoms with E-state index in [4.69, 9.17) is 0 Å². The van der Waals surface area contributed by atoms with E-state index in [-0.39, 0.29) is 23.2 Å². The number of amides is 1. The van der Waals surface area contributed by atoms with Crippen LogP contribution in [0.4, 0.5) is 4.39 Å². The minimum atomic E-state index is -0.244. The molecule has 5 nitrogen and oxygen atoms in total. The molecule has 2 aliphatic carbocycles. The van der Waals surface area contributed by atoms with Gasteiger partial charge in [0.15, 0.2) is 0 Å². The number of pyridine rings is 1. The summed E-state index contributed by atoms with van der Waals surface area (Å²) in [5.74, 6) is 0.230. The molecule has 6 heteroatoms. The maximum Gasteiger partial charge on any atom is 0.251 e. The molecule has 2 aromatic heterocycles. The lowest BCUT2D eigenvalue weighted by atomic mass is 9.68. The average molecular weight is 459 g/mol. The number of hydrogen-bond acceptors (Lipinski definition) is 3. The number of fused-ring (bicyclic) bond motifs is 2. The zero-order valence-corrected chi connectivity index (χ0v) is 19.8. The van der Waals surface area contributed by atoms with E-state index in [0.717, 1.165) is 49.9 Å². The zero-order valence-electron chi connectivity index (χ0n) is 19.8. The van der Waals surface area contributed by atoms with Gasteiger partial charge in [-0.05, 0) is 91.5 Å². The molecule has 1 aromatic carbocycles. The van der Waals surface area contributed by atoms with Crippen LogP contribution in [0.1, 0.15) is 67.6 Å². The predicted molar refractivity (Wildman–Crippen MR) is 131 cm³/mol. The summed E-state index contributed by atoms with van der Waals surface area (Å²) in [7, 11) is 0. The molecule has 1 fully saturated rings. The van der Waals surface area contributed by atoms with Gasteiger partial charge in [0.25, 0.3) is 5.91 Å². The van der Waals surface area contributed by atoms with Gasteiger partial charge in [0, 0.05) is 24.0 Å². The van der Waals surface area contributed by atoms with E-state index in [1.165, 1.54) is 23.3 Å². The van der Waals surface area contributed by atoms with Crippen LogP contribution in [0, 0.1) is 17.2 Å². The topological polar surface area (TPSA) is 59.8 Å². The van der Waals surface area contributed by atoms with Gasteiger partial charge >= 0.3 is 0 Å². The van der Waals surface area contributed by atoms with E-state index in [2.05, 4.69) is 35.3 Å². The van der Waals surface area contributed by atoms with Crippen molar-refractivity contribution in [2.75, 3.05) is 0 Å². The smallest absolute Gasteiger partial charge is 0.251 e. The molecule has 0 saturated heterocycles. The van der Waals surface area contributed by atoms with Crippen molar-refractivity contribution < 1.29 is 9.18 Å².